The SMILES string of the molecule is O=C(O)c1ccccc1Nc1ccc(O)cc1. The van der Waals surface area contributed by atoms with Crippen LogP contribution in [0, 0.1) is 0 Å². The first kappa shape index (κ1) is 11.0. The Morgan fingerprint density at radius 2 is 1.65 bits per heavy atom. The minimum Gasteiger partial charge on any atom is -0.508 e. The molecular formula is C13H11NO3. The lowest BCUT2D eigenvalue weighted by Crippen LogP contribution is -2.02. The molecule has 0 radical (unpaired) electrons. The molecule has 0 amide bonds. The van der Waals surface area contributed by atoms with Gasteiger partial charge in [0.1, 0.15) is 5.75 Å². The number of benzene rings is 2. The Labute approximate surface area is 98.2 Å². The second-order valence-corrected chi connectivity index (χ2v) is 3.52. The van der Waals surface area contributed by atoms with Crippen molar-refractivity contribution in [2.24, 2.45) is 0 Å². The van der Waals surface area contributed by atoms with Crippen LogP contribution in [0.5, 0.6) is 5.75 Å². The summed E-state index contributed by atoms with van der Waals surface area (Å²) in [5.74, 6) is -0.811. The Morgan fingerprint density at radius 1 is 1.00 bits per heavy atom. The van der Waals surface area contributed by atoms with Crippen molar-refractivity contribution in [1.29, 1.82) is 0 Å². The van der Waals surface area contributed by atoms with Gasteiger partial charge in [0.2, 0.25) is 0 Å². The van der Waals surface area contributed by atoms with Crippen molar-refractivity contribution in [2.75, 3.05) is 5.32 Å². The monoisotopic (exact) mass is 229 g/mol. The van der Waals surface area contributed by atoms with Crippen LogP contribution in [0.3, 0.4) is 0 Å². The van der Waals surface area contributed by atoms with Crippen molar-refractivity contribution >= 4 is 17.3 Å². The molecule has 4 heteroatoms. The standard InChI is InChI=1S/C13H11NO3/c15-10-7-5-9(6-8-10)14-12-4-2-1-3-11(12)13(16)17/h1-8,14-15H,(H,16,17). The van der Waals surface area contributed by atoms with Crippen LogP contribution >= 0.6 is 0 Å². The molecule has 3 N–H and O–H groups in total. The van der Waals surface area contributed by atoms with E-state index in [1.165, 1.54) is 18.2 Å². The van der Waals surface area contributed by atoms with E-state index in [1.54, 1.807) is 30.3 Å². The molecule has 86 valence electrons. The molecule has 4 nitrogen and oxygen atoms in total. The van der Waals surface area contributed by atoms with Crippen LogP contribution in [0.1, 0.15) is 10.4 Å². The highest BCUT2D eigenvalue weighted by Gasteiger charge is 2.08. The fourth-order valence-electron chi connectivity index (χ4n) is 1.48. The van der Waals surface area contributed by atoms with E-state index < -0.39 is 5.97 Å². The number of para-hydroxylation sites is 1. The molecule has 0 bridgehead atoms. The number of nitrogens with one attached hydrogen (secondary N) is 1. The molecule has 17 heavy (non-hydrogen) atoms. The molecule has 2 rings (SSSR count). The van der Waals surface area contributed by atoms with E-state index >= 15 is 0 Å². The van der Waals surface area contributed by atoms with Crippen molar-refractivity contribution < 1.29 is 15.0 Å². The third kappa shape index (κ3) is 2.55. The summed E-state index contributed by atoms with van der Waals surface area (Å²) in [6.45, 7) is 0. The molecule has 0 fully saturated rings. The van der Waals surface area contributed by atoms with Gasteiger partial charge in [-0.05, 0) is 36.4 Å². The van der Waals surface area contributed by atoms with Crippen LogP contribution in [0.25, 0.3) is 0 Å². The van der Waals surface area contributed by atoms with Gasteiger partial charge in [0.25, 0.3) is 0 Å². The molecular weight excluding hydrogens is 218 g/mol. The highest BCUT2D eigenvalue weighted by atomic mass is 16.4. The van der Waals surface area contributed by atoms with E-state index in [2.05, 4.69) is 5.32 Å². The van der Waals surface area contributed by atoms with Gasteiger partial charge in [-0.15, -0.1) is 0 Å². The normalized spacial score (nSPS) is 9.88. The quantitative estimate of drug-likeness (QED) is 0.708. The zero-order valence-corrected chi connectivity index (χ0v) is 8.92. The van der Waals surface area contributed by atoms with Crippen LogP contribution in [-0.4, -0.2) is 16.2 Å². The zero-order chi connectivity index (χ0) is 12.3. The molecule has 0 aliphatic carbocycles. The number of hydrogen-bond donors (Lipinski definition) is 3. The molecule has 0 aromatic heterocycles. The van der Waals surface area contributed by atoms with Gasteiger partial charge in [-0.1, -0.05) is 12.1 Å². The summed E-state index contributed by atoms with van der Waals surface area (Å²) in [7, 11) is 0. The lowest BCUT2D eigenvalue weighted by molar-refractivity contribution is 0.0698. The van der Waals surface area contributed by atoms with E-state index in [-0.39, 0.29) is 11.3 Å². The second-order valence-electron chi connectivity index (χ2n) is 3.52. The summed E-state index contributed by atoms with van der Waals surface area (Å²) in [4.78, 5) is 11.0. The van der Waals surface area contributed by atoms with Crippen molar-refractivity contribution in [1.82, 2.24) is 0 Å². The van der Waals surface area contributed by atoms with E-state index in [9.17, 15) is 4.79 Å². The van der Waals surface area contributed by atoms with E-state index in [4.69, 9.17) is 10.2 Å². The summed E-state index contributed by atoms with van der Waals surface area (Å²) >= 11 is 0. The first-order chi connectivity index (χ1) is 8.16. The maximum atomic E-state index is 11.0. The topological polar surface area (TPSA) is 69.6 Å². The molecule has 0 unspecified atom stereocenters. The summed E-state index contributed by atoms with van der Waals surface area (Å²) in [5.41, 5.74) is 1.45. The number of carboxylic acid groups (broad SMARTS) is 1. The van der Waals surface area contributed by atoms with Crippen LogP contribution in [0.4, 0.5) is 11.4 Å². The van der Waals surface area contributed by atoms with Gasteiger partial charge in [-0.2, -0.15) is 0 Å². The van der Waals surface area contributed by atoms with Gasteiger partial charge in [0, 0.05) is 5.69 Å². The Balaban J connectivity index is 2.30. The van der Waals surface area contributed by atoms with Gasteiger partial charge < -0.3 is 15.5 Å². The third-order valence-corrected chi connectivity index (χ3v) is 2.30. The maximum Gasteiger partial charge on any atom is 0.337 e. The first-order valence-corrected chi connectivity index (χ1v) is 5.05. The highest BCUT2D eigenvalue weighted by molar-refractivity contribution is 5.95. The van der Waals surface area contributed by atoms with E-state index in [0.29, 0.717) is 5.69 Å². The van der Waals surface area contributed by atoms with Crippen LogP contribution in [0.15, 0.2) is 48.5 Å². The minimum atomic E-state index is -0.980. The fourth-order valence-corrected chi connectivity index (χ4v) is 1.48. The lowest BCUT2D eigenvalue weighted by atomic mass is 10.1. The van der Waals surface area contributed by atoms with Crippen molar-refractivity contribution in [2.45, 2.75) is 0 Å². The highest BCUT2D eigenvalue weighted by Crippen LogP contribution is 2.22. The Morgan fingerprint density at radius 3 is 2.29 bits per heavy atom. The van der Waals surface area contributed by atoms with Gasteiger partial charge in [-0.25, -0.2) is 4.79 Å². The predicted octanol–water partition coefficient (Wildman–Crippen LogP) is 2.83. The molecule has 0 spiro atoms. The van der Waals surface area contributed by atoms with E-state index in [1.807, 2.05) is 0 Å². The van der Waals surface area contributed by atoms with Gasteiger partial charge in [0.15, 0.2) is 0 Å². The smallest absolute Gasteiger partial charge is 0.337 e. The number of phenols is 1. The zero-order valence-electron chi connectivity index (χ0n) is 8.92. The number of aromatic carboxylic acids is 1. The number of rotatable bonds is 3. The predicted molar refractivity (Wildman–Crippen MR) is 64.8 cm³/mol. The fraction of sp³-hybridized carbons (Fsp3) is 0. The van der Waals surface area contributed by atoms with Crippen LogP contribution in [-0.2, 0) is 0 Å². The summed E-state index contributed by atoms with van der Waals surface area (Å²) in [5, 5.41) is 21.1. The number of anilines is 2. The maximum absolute atomic E-state index is 11.0. The van der Waals surface area contributed by atoms with Crippen LogP contribution in [0.2, 0.25) is 0 Å². The van der Waals surface area contributed by atoms with Crippen LogP contribution < -0.4 is 5.32 Å². The van der Waals surface area contributed by atoms with Gasteiger partial charge in [0.05, 0.1) is 11.3 Å². The largest absolute Gasteiger partial charge is 0.508 e. The number of phenolic OH excluding ortho intramolecular Hbond substituents is 1. The summed E-state index contributed by atoms with van der Waals surface area (Å²) < 4.78 is 0. The van der Waals surface area contributed by atoms with Gasteiger partial charge >= 0.3 is 5.97 Å². The Bertz CT molecular complexity index is 535. The molecule has 0 heterocycles. The molecule has 2 aromatic carbocycles. The lowest BCUT2D eigenvalue weighted by Gasteiger charge is -2.09. The van der Waals surface area contributed by atoms with Crippen molar-refractivity contribution in [3.8, 4) is 5.75 Å². The molecule has 0 atom stereocenters. The number of aromatic hydroxyl groups is 1. The summed E-state index contributed by atoms with van der Waals surface area (Å²) in [6, 6.07) is 13.1. The molecule has 0 saturated carbocycles. The van der Waals surface area contributed by atoms with Crippen molar-refractivity contribution in [3.63, 3.8) is 0 Å². The Hall–Kier alpha value is -2.49. The third-order valence-electron chi connectivity index (χ3n) is 2.30. The number of carbonyl (C=O) groups is 1. The second kappa shape index (κ2) is 4.57. The van der Waals surface area contributed by atoms with E-state index in [0.717, 1.165) is 5.69 Å². The number of hydrogen-bond acceptors (Lipinski definition) is 3. The minimum absolute atomic E-state index is 0.169. The first-order valence-electron chi connectivity index (χ1n) is 5.05. The Kier molecular flexibility index (Phi) is 2.96. The average molecular weight is 229 g/mol. The average Bonchev–Trinajstić information content (AvgIpc) is 2.32. The molecule has 0 aliphatic rings. The summed E-state index contributed by atoms with van der Waals surface area (Å²) in [6.07, 6.45) is 0. The molecule has 0 saturated heterocycles. The van der Waals surface area contributed by atoms with Gasteiger partial charge in [-0.3, -0.25) is 0 Å². The molecule has 2 aromatic rings. The van der Waals surface area contributed by atoms with Crippen molar-refractivity contribution in [3.05, 3.63) is 54.1 Å². The number of carboxylic acids is 1. The molecule has 0 aliphatic heterocycles.